The first-order chi connectivity index (χ1) is 8.61. The van der Waals surface area contributed by atoms with Gasteiger partial charge in [-0.3, -0.25) is 9.59 Å². The van der Waals surface area contributed by atoms with Gasteiger partial charge >= 0.3 is 5.97 Å². The van der Waals surface area contributed by atoms with Gasteiger partial charge in [-0.1, -0.05) is 12.1 Å². The fourth-order valence-corrected chi connectivity index (χ4v) is 1.48. The molecule has 0 saturated carbocycles. The molecule has 0 spiro atoms. The molecule has 5 heteroatoms. The Kier molecular flexibility index (Phi) is 5.70. The molecule has 1 aromatic rings. The molecule has 2 N–H and O–H groups in total. The van der Waals surface area contributed by atoms with Crippen LogP contribution in [0.2, 0.25) is 0 Å². The summed E-state index contributed by atoms with van der Waals surface area (Å²) in [6.45, 7) is 0.492. The van der Waals surface area contributed by atoms with Crippen molar-refractivity contribution < 1.29 is 19.4 Å². The monoisotopic (exact) mass is 251 g/mol. The van der Waals surface area contributed by atoms with Gasteiger partial charge in [0, 0.05) is 13.0 Å². The van der Waals surface area contributed by atoms with E-state index in [0.29, 0.717) is 13.0 Å². The van der Waals surface area contributed by atoms with Crippen LogP contribution in [0.5, 0.6) is 5.75 Å². The van der Waals surface area contributed by atoms with Gasteiger partial charge in [0.1, 0.15) is 5.75 Å². The lowest BCUT2D eigenvalue weighted by molar-refractivity contribution is -0.138. The van der Waals surface area contributed by atoms with Crippen molar-refractivity contribution in [2.45, 2.75) is 19.3 Å². The average Bonchev–Trinajstić information content (AvgIpc) is 2.36. The molecule has 5 nitrogen and oxygen atoms in total. The van der Waals surface area contributed by atoms with Crippen LogP contribution in [0.3, 0.4) is 0 Å². The average molecular weight is 251 g/mol. The van der Waals surface area contributed by atoms with Crippen LogP contribution in [-0.4, -0.2) is 30.6 Å². The highest BCUT2D eigenvalue weighted by Crippen LogP contribution is 2.12. The molecule has 0 aliphatic carbocycles. The van der Waals surface area contributed by atoms with Crippen LogP contribution >= 0.6 is 0 Å². The lowest BCUT2D eigenvalue weighted by Crippen LogP contribution is -2.26. The number of benzene rings is 1. The second-order valence-electron chi connectivity index (χ2n) is 3.85. The molecule has 0 bridgehead atoms. The lowest BCUT2D eigenvalue weighted by Gasteiger charge is -2.06. The first-order valence-corrected chi connectivity index (χ1v) is 5.73. The van der Waals surface area contributed by atoms with E-state index in [2.05, 4.69) is 5.32 Å². The topological polar surface area (TPSA) is 75.6 Å². The van der Waals surface area contributed by atoms with Gasteiger partial charge < -0.3 is 15.2 Å². The highest BCUT2D eigenvalue weighted by Gasteiger charge is 2.04. The summed E-state index contributed by atoms with van der Waals surface area (Å²) >= 11 is 0. The number of rotatable bonds is 7. The molecule has 0 radical (unpaired) electrons. The molecule has 0 aliphatic rings. The Balaban J connectivity index is 2.28. The van der Waals surface area contributed by atoms with Gasteiger partial charge in [-0.05, 0) is 24.1 Å². The Bertz CT molecular complexity index is 417. The molecule has 0 saturated heterocycles. The second-order valence-corrected chi connectivity index (χ2v) is 3.85. The van der Waals surface area contributed by atoms with Crippen LogP contribution in [0, 0.1) is 0 Å². The fourth-order valence-electron chi connectivity index (χ4n) is 1.48. The van der Waals surface area contributed by atoms with Crippen LogP contribution < -0.4 is 10.1 Å². The number of carboxylic acids is 1. The first kappa shape index (κ1) is 14.0. The van der Waals surface area contributed by atoms with Gasteiger partial charge in [-0.15, -0.1) is 0 Å². The quantitative estimate of drug-likeness (QED) is 0.764. The van der Waals surface area contributed by atoms with E-state index in [9.17, 15) is 9.59 Å². The predicted molar refractivity (Wildman–Crippen MR) is 66.6 cm³/mol. The third kappa shape index (κ3) is 5.34. The van der Waals surface area contributed by atoms with Crippen molar-refractivity contribution in [1.82, 2.24) is 5.32 Å². The molecule has 18 heavy (non-hydrogen) atoms. The molecule has 0 aliphatic heterocycles. The summed E-state index contributed by atoms with van der Waals surface area (Å²) in [5.41, 5.74) is 1.06. The molecule has 1 aromatic carbocycles. The zero-order chi connectivity index (χ0) is 13.4. The number of methoxy groups -OCH3 is 1. The van der Waals surface area contributed by atoms with Crippen LogP contribution in [0.25, 0.3) is 0 Å². The van der Waals surface area contributed by atoms with Crippen molar-refractivity contribution in [3.8, 4) is 5.75 Å². The number of carbonyl (C=O) groups is 2. The number of ether oxygens (including phenoxy) is 1. The third-order valence-corrected chi connectivity index (χ3v) is 2.44. The fraction of sp³-hybridized carbons (Fsp3) is 0.385. The van der Waals surface area contributed by atoms with Gasteiger partial charge in [0.15, 0.2) is 0 Å². The number of hydrogen-bond donors (Lipinski definition) is 2. The SMILES string of the molecule is COc1cccc(CCNC(=O)CCC(=O)O)c1. The predicted octanol–water partition coefficient (Wildman–Crippen LogP) is 1.22. The van der Waals surface area contributed by atoms with E-state index in [-0.39, 0.29) is 18.7 Å². The highest BCUT2D eigenvalue weighted by molar-refractivity contribution is 5.80. The van der Waals surface area contributed by atoms with E-state index < -0.39 is 5.97 Å². The summed E-state index contributed by atoms with van der Waals surface area (Å²) in [6.07, 6.45) is 0.578. The Morgan fingerprint density at radius 2 is 2.11 bits per heavy atom. The zero-order valence-electron chi connectivity index (χ0n) is 10.3. The summed E-state index contributed by atoms with van der Waals surface area (Å²) in [5.74, 6) is -0.414. The minimum absolute atomic E-state index is 0.0213. The number of hydrogen-bond acceptors (Lipinski definition) is 3. The van der Waals surface area contributed by atoms with E-state index >= 15 is 0 Å². The van der Waals surface area contributed by atoms with Crippen molar-refractivity contribution in [1.29, 1.82) is 0 Å². The normalized spacial score (nSPS) is 9.83. The van der Waals surface area contributed by atoms with Crippen molar-refractivity contribution in [2.75, 3.05) is 13.7 Å². The Hall–Kier alpha value is -2.04. The molecule has 98 valence electrons. The minimum atomic E-state index is -0.960. The van der Waals surface area contributed by atoms with Crippen LogP contribution in [-0.2, 0) is 16.0 Å². The molecule has 0 atom stereocenters. The molecule has 0 aromatic heterocycles. The van der Waals surface area contributed by atoms with Crippen LogP contribution in [0.4, 0.5) is 0 Å². The smallest absolute Gasteiger partial charge is 0.303 e. The van der Waals surface area contributed by atoms with E-state index in [0.717, 1.165) is 11.3 Å². The van der Waals surface area contributed by atoms with Gasteiger partial charge in [0.2, 0.25) is 5.91 Å². The highest BCUT2D eigenvalue weighted by atomic mass is 16.5. The van der Waals surface area contributed by atoms with Crippen molar-refractivity contribution in [3.63, 3.8) is 0 Å². The van der Waals surface area contributed by atoms with E-state index in [1.807, 2.05) is 24.3 Å². The van der Waals surface area contributed by atoms with Gasteiger partial charge in [-0.2, -0.15) is 0 Å². The number of carbonyl (C=O) groups excluding carboxylic acids is 1. The summed E-state index contributed by atoms with van der Waals surface area (Å²) in [7, 11) is 1.60. The molecule has 1 amide bonds. The van der Waals surface area contributed by atoms with Crippen LogP contribution in [0.15, 0.2) is 24.3 Å². The van der Waals surface area contributed by atoms with Gasteiger partial charge in [-0.25, -0.2) is 0 Å². The molecule has 1 rings (SSSR count). The maximum absolute atomic E-state index is 11.3. The first-order valence-electron chi connectivity index (χ1n) is 5.73. The molecule has 0 fully saturated rings. The molecular formula is C13H17NO4. The number of amides is 1. The van der Waals surface area contributed by atoms with Crippen molar-refractivity contribution in [3.05, 3.63) is 29.8 Å². The Labute approximate surface area is 106 Å². The maximum Gasteiger partial charge on any atom is 0.303 e. The number of aliphatic carboxylic acids is 1. The van der Waals surface area contributed by atoms with E-state index in [1.54, 1.807) is 7.11 Å². The standard InChI is InChI=1S/C13H17NO4/c1-18-11-4-2-3-10(9-11)7-8-14-12(15)5-6-13(16)17/h2-4,9H,5-8H2,1H3,(H,14,15)(H,16,17). The van der Waals surface area contributed by atoms with Crippen LogP contribution in [0.1, 0.15) is 18.4 Å². The van der Waals surface area contributed by atoms with Crippen molar-refractivity contribution >= 4 is 11.9 Å². The maximum atomic E-state index is 11.3. The van der Waals surface area contributed by atoms with Gasteiger partial charge in [0.25, 0.3) is 0 Å². The molecule has 0 unspecified atom stereocenters. The summed E-state index contributed by atoms with van der Waals surface area (Å²) in [4.78, 5) is 21.5. The van der Waals surface area contributed by atoms with Crippen molar-refractivity contribution in [2.24, 2.45) is 0 Å². The minimum Gasteiger partial charge on any atom is -0.497 e. The Morgan fingerprint density at radius 1 is 1.33 bits per heavy atom. The zero-order valence-corrected chi connectivity index (χ0v) is 10.3. The third-order valence-electron chi connectivity index (χ3n) is 2.44. The van der Waals surface area contributed by atoms with E-state index in [4.69, 9.17) is 9.84 Å². The largest absolute Gasteiger partial charge is 0.497 e. The molecular weight excluding hydrogens is 234 g/mol. The summed E-state index contributed by atoms with van der Waals surface area (Å²) in [6, 6.07) is 7.60. The number of nitrogens with one attached hydrogen (secondary N) is 1. The summed E-state index contributed by atoms with van der Waals surface area (Å²) in [5, 5.41) is 11.1. The van der Waals surface area contributed by atoms with E-state index in [1.165, 1.54) is 0 Å². The number of carboxylic acid groups (broad SMARTS) is 1. The summed E-state index contributed by atoms with van der Waals surface area (Å²) < 4.78 is 5.09. The lowest BCUT2D eigenvalue weighted by atomic mass is 10.1. The van der Waals surface area contributed by atoms with Gasteiger partial charge in [0.05, 0.1) is 13.5 Å². The second kappa shape index (κ2) is 7.32. The molecule has 0 heterocycles. The Morgan fingerprint density at radius 3 is 2.78 bits per heavy atom.